The summed E-state index contributed by atoms with van der Waals surface area (Å²) in [5.41, 5.74) is -2.68. The summed E-state index contributed by atoms with van der Waals surface area (Å²) in [6.45, 7) is 0. The molecule has 0 fully saturated rings. The molecule has 0 aliphatic carbocycles. The van der Waals surface area contributed by atoms with Gasteiger partial charge in [0.2, 0.25) is 0 Å². The number of halogens is 6. The summed E-state index contributed by atoms with van der Waals surface area (Å²) < 4.78 is 107. The van der Waals surface area contributed by atoms with Gasteiger partial charge in [0.15, 0.2) is 0 Å². The van der Waals surface area contributed by atoms with E-state index in [4.69, 9.17) is 0 Å². The van der Waals surface area contributed by atoms with Crippen LogP contribution in [0.1, 0.15) is 11.1 Å². The van der Waals surface area contributed by atoms with Crippen LogP contribution in [0, 0.1) is 0 Å². The number of fused-ring (bicyclic) bond motifs is 1. The predicted octanol–water partition coefficient (Wildman–Crippen LogP) is 6.26. The Morgan fingerprint density at radius 3 is 1.32 bits per heavy atom. The van der Waals surface area contributed by atoms with Crippen molar-refractivity contribution in [3.63, 3.8) is 0 Å². The van der Waals surface area contributed by atoms with E-state index in [2.05, 4.69) is 0 Å². The van der Waals surface area contributed by atoms with E-state index in [-0.39, 0.29) is 22.7 Å². The van der Waals surface area contributed by atoms with Crippen molar-refractivity contribution in [3.8, 4) is 0 Å². The maximum absolute atomic E-state index is 13.4. The first-order chi connectivity index (χ1) is 14.4. The summed E-state index contributed by atoms with van der Waals surface area (Å²) in [5, 5.41) is 0. The van der Waals surface area contributed by atoms with Crippen molar-refractivity contribution in [1.29, 1.82) is 0 Å². The largest absolute Gasteiger partial charge is 0.416 e. The lowest BCUT2D eigenvalue weighted by Crippen LogP contribution is -2.32. The molecule has 162 valence electrons. The van der Waals surface area contributed by atoms with Crippen LogP contribution in [0.25, 0.3) is 0 Å². The van der Waals surface area contributed by atoms with Crippen LogP contribution < -0.4 is 8.61 Å². The zero-order valence-corrected chi connectivity index (χ0v) is 16.1. The molecule has 1 heterocycles. The highest BCUT2D eigenvalue weighted by molar-refractivity contribution is 7.95. The minimum Gasteiger partial charge on any atom is -0.219 e. The Balaban J connectivity index is 1.91. The fourth-order valence-electron chi connectivity index (χ4n) is 3.30. The SMILES string of the molecule is O=S1(=O)N(c2cccc(C(F)(F)F)c2)c2ccccc2N1c1cccc(C(F)(F)F)c1. The first kappa shape index (κ1) is 21.0. The molecule has 0 aromatic heterocycles. The van der Waals surface area contributed by atoms with Crippen molar-refractivity contribution in [2.45, 2.75) is 12.4 Å². The summed E-state index contributed by atoms with van der Waals surface area (Å²) in [6.07, 6.45) is -9.42. The summed E-state index contributed by atoms with van der Waals surface area (Å²) in [6, 6.07) is 13.1. The van der Waals surface area contributed by atoms with Gasteiger partial charge in [-0.05, 0) is 48.5 Å². The molecule has 31 heavy (non-hydrogen) atoms. The van der Waals surface area contributed by atoms with E-state index in [9.17, 15) is 34.8 Å². The third-order valence-electron chi connectivity index (χ3n) is 4.60. The number of para-hydroxylation sites is 2. The molecule has 0 N–H and O–H groups in total. The van der Waals surface area contributed by atoms with E-state index in [1.165, 1.54) is 36.4 Å². The van der Waals surface area contributed by atoms with Gasteiger partial charge in [0.05, 0.1) is 33.9 Å². The van der Waals surface area contributed by atoms with Crippen LogP contribution in [0.5, 0.6) is 0 Å². The second-order valence-electron chi connectivity index (χ2n) is 6.62. The molecule has 0 amide bonds. The third kappa shape index (κ3) is 3.58. The highest BCUT2D eigenvalue weighted by atomic mass is 32.2. The predicted molar refractivity (Wildman–Crippen MR) is 103 cm³/mol. The lowest BCUT2D eigenvalue weighted by atomic mass is 10.1. The molecule has 3 aromatic rings. The van der Waals surface area contributed by atoms with Gasteiger partial charge in [-0.15, -0.1) is 0 Å². The molecule has 0 unspecified atom stereocenters. The Hall–Kier alpha value is -3.21. The minimum absolute atomic E-state index is 0.0132. The average Bonchev–Trinajstić information content (AvgIpc) is 2.93. The van der Waals surface area contributed by atoms with Gasteiger partial charge in [-0.2, -0.15) is 34.8 Å². The van der Waals surface area contributed by atoms with Gasteiger partial charge >= 0.3 is 22.6 Å². The molecular formula is C20H12F6N2O2S. The molecule has 0 saturated carbocycles. The van der Waals surface area contributed by atoms with E-state index in [1.807, 2.05) is 0 Å². The number of anilines is 4. The second-order valence-corrected chi connectivity index (χ2v) is 8.25. The summed E-state index contributed by atoms with van der Waals surface area (Å²) in [7, 11) is -4.59. The van der Waals surface area contributed by atoms with Crippen LogP contribution >= 0.6 is 0 Å². The Morgan fingerprint density at radius 1 is 0.581 bits per heavy atom. The summed E-state index contributed by atoms with van der Waals surface area (Å²) in [4.78, 5) is 0. The lowest BCUT2D eigenvalue weighted by Gasteiger charge is -2.23. The van der Waals surface area contributed by atoms with Crippen LogP contribution in [-0.4, -0.2) is 8.42 Å². The smallest absolute Gasteiger partial charge is 0.219 e. The second kappa shape index (κ2) is 6.91. The fraction of sp³-hybridized carbons (Fsp3) is 0.100. The molecule has 11 heteroatoms. The van der Waals surface area contributed by atoms with E-state index < -0.39 is 33.7 Å². The standard InChI is InChI=1S/C20H12F6N2O2S/c21-19(22,23)13-5-3-7-15(11-13)27-17-9-1-2-10-18(17)28(31(27,29)30)16-8-4-6-14(12-16)20(24,25)26/h1-12H. The van der Waals surface area contributed by atoms with Gasteiger partial charge < -0.3 is 0 Å². The summed E-state index contributed by atoms with van der Waals surface area (Å²) >= 11 is 0. The molecule has 0 radical (unpaired) electrons. The van der Waals surface area contributed by atoms with Gasteiger partial charge in [0.1, 0.15) is 0 Å². The topological polar surface area (TPSA) is 40.6 Å². The first-order valence-electron chi connectivity index (χ1n) is 8.70. The molecule has 1 aliphatic rings. The van der Waals surface area contributed by atoms with Crippen LogP contribution in [-0.2, 0) is 22.6 Å². The molecular weight excluding hydrogens is 446 g/mol. The van der Waals surface area contributed by atoms with Crippen molar-refractivity contribution in [1.82, 2.24) is 0 Å². The Morgan fingerprint density at radius 2 is 0.968 bits per heavy atom. The van der Waals surface area contributed by atoms with E-state index >= 15 is 0 Å². The van der Waals surface area contributed by atoms with E-state index in [0.717, 1.165) is 24.3 Å². The lowest BCUT2D eigenvalue weighted by molar-refractivity contribution is -0.138. The van der Waals surface area contributed by atoms with Crippen molar-refractivity contribution in [3.05, 3.63) is 83.9 Å². The third-order valence-corrected chi connectivity index (χ3v) is 6.33. The normalized spacial score (nSPS) is 15.8. The molecule has 1 aliphatic heterocycles. The molecule has 0 atom stereocenters. The van der Waals surface area contributed by atoms with Crippen LogP contribution in [0.3, 0.4) is 0 Å². The van der Waals surface area contributed by atoms with Gasteiger partial charge in [-0.1, -0.05) is 24.3 Å². The summed E-state index contributed by atoms with van der Waals surface area (Å²) in [5.74, 6) is 0. The van der Waals surface area contributed by atoms with Crippen LogP contribution in [0.2, 0.25) is 0 Å². The number of benzene rings is 3. The highest BCUT2D eigenvalue weighted by Gasteiger charge is 2.43. The quantitative estimate of drug-likeness (QED) is 0.426. The zero-order chi connectivity index (χ0) is 22.6. The van der Waals surface area contributed by atoms with Crippen molar-refractivity contribution >= 4 is 33.0 Å². The monoisotopic (exact) mass is 458 g/mol. The molecule has 3 aromatic carbocycles. The highest BCUT2D eigenvalue weighted by Crippen LogP contribution is 2.49. The van der Waals surface area contributed by atoms with Crippen molar-refractivity contribution in [2.24, 2.45) is 0 Å². The number of rotatable bonds is 2. The minimum atomic E-state index is -4.71. The first-order valence-corrected chi connectivity index (χ1v) is 10.1. The molecule has 4 rings (SSSR count). The van der Waals surface area contributed by atoms with Crippen LogP contribution in [0.15, 0.2) is 72.8 Å². The van der Waals surface area contributed by atoms with Crippen molar-refractivity contribution < 1.29 is 34.8 Å². The maximum atomic E-state index is 13.4. The number of hydrogen-bond donors (Lipinski definition) is 0. The molecule has 0 spiro atoms. The Labute approximate surface area is 173 Å². The van der Waals surface area contributed by atoms with Gasteiger partial charge in [-0.3, -0.25) is 0 Å². The fourth-order valence-corrected chi connectivity index (χ4v) is 5.03. The number of hydrogen-bond acceptors (Lipinski definition) is 2. The molecule has 4 nitrogen and oxygen atoms in total. The van der Waals surface area contributed by atoms with Gasteiger partial charge in [0.25, 0.3) is 0 Å². The maximum Gasteiger partial charge on any atom is 0.416 e. The van der Waals surface area contributed by atoms with Gasteiger partial charge in [0, 0.05) is 0 Å². The van der Waals surface area contributed by atoms with Crippen LogP contribution in [0.4, 0.5) is 49.1 Å². The van der Waals surface area contributed by atoms with E-state index in [0.29, 0.717) is 20.7 Å². The Kier molecular flexibility index (Phi) is 4.69. The van der Waals surface area contributed by atoms with Crippen molar-refractivity contribution in [2.75, 3.05) is 8.61 Å². The average molecular weight is 458 g/mol. The number of alkyl halides is 6. The molecule has 0 bridgehead atoms. The Bertz CT molecular complexity index is 1160. The zero-order valence-electron chi connectivity index (χ0n) is 15.3. The number of nitrogens with zero attached hydrogens (tertiary/aromatic N) is 2. The molecule has 0 saturated heterocycles. The van der Waals surface area contributed by atoms with Gasteiger partial charge in [-0.25, -0.2) is 8.61 Å². The van der Waals surface area contributed by atoms with E-state index in [1.54, 1.807) is 0 Å².